The Morgan fingerprint density at radius 3 is 2.00 bits per heavy atom. The largest absolute Gasteiger partial charge is 1.00 e. The van der Waals surface area contributed by atoms with Gasteiger partial charge in [-0.2, -0.15) is 0 Å². The number of halogens is 1. The monoisotopic (exact) mass is 410 g/mol. The fraction of sp³-hybridized carbons (Fsp3) is 0.706. The number of rotatable bonds is 13. The van der Waals surface area contributed by atoms with Crippen LogP contribution < -0.4 is 17.0 Å². The summed E-state index contributed by atoms with van der Waals surface area (Å²) >= 11 is 0. The van der Waals surface area contributed by atoms with Crippen LogP contribution in [0.15, 0.2) is 31.4 Å². The van der Waals surface area contributed by atoms with Crippen molar-refractivity contribution in [2.45, 2.75) is 45.7 Å². The molecule has 0 aliphatic rings. The second-order valence-corrected chi connectivity index (χ2v) is 7.94. The molecule has 154 valence electrons. The third kappa shape index (κ3) is 11.1. The van der Waals surface area contributed by atoms with E-state index in [0.717, 1.165) is 18.9 Å². The van der Waals surface area contributed by atoms with Crippen molar-refractivity contribution in [1.82, 2.24) is 4.98 Å². The minimum absolute atomic E-state index is 0. The molecule has 1 atom stereocenters. The summed E-state index contributed by atoms with van der Waals surface area (Å²) in [4.78, 5) is 3.09. The second kappa shape index (κ2) is 17.7. The fourth-order valence-corrected chi connectivity index (χ4v) is 5.14. The zero-order valence-corrected chi connectivity index (χ0v) is 18.0. The normalized spacial score (nSPS) is 11.9. The maximum atomic E-state index is 7.62. The van der Waals surface area contributed by atoms with Crippen LogP contribution in [-0.4, -0.2) is 57.0 Å². The summed E-state index contributed by atoms with van der Waals surface area (Å²) < 4.78 is 19.9. The van der Waals surface area contributed by atoms with E-state index in [9.17, 15) is 0 Å². The molecule has 7 nitrogen and oxygen atoms in total. The van der Waals surface area contributed by atoms with Gasteiger partial charge in [-0.1, -0.05) is 6.08 Å². The molecule has 1 aromatic heterocycles. The van der Waals surface area contributed by atoms with E-state index >= 15 is 0 Å². The number of aromatic amines is 1. The Balaban J connectivity index is 0. The van der Waals surface area contributed by atoms with Gasteiger partial charge in [0.25, 0.3) is 0 Å². The van der Waals surface area contributed by atoms with Crippen molar-refractivity contribution in [1.29, 1.82) is 0 Å². The van der Waals surface area contributed by atoms with E-state index in [0.29, 0.717) is 25.9 Å². The van der Waals surface area contributed by atoms with Crippen LogP contribution in [0.2, 0.25) is 6.04 Å². The molecule has 1 heterocycles. The first-order chi connectivity index (χ1) is 12.1. The van der Waals surface area contributed by atoms with Gasteiger partial charge in [0.15, 0.2) is 0 Å². The molecule has 26 heavy (non-hydrogen) atoms. The lowest BCUT2D eigenvalue weighted by Crippen LogP contribution is -3.00. The molecule has 0 saturated heterocycles. The summed E-state index contributed by atoms with van der Waals surface area (Å²) in [7, 11) is -2.56. The predicted molar refractivity (Wildman–Crippen MR) is 99.1 cm³/mol. The van der Waals surface area contributed by atoms with E-state index in [-0.39, 0.29) is 25.6 Å². The first-order valence-corrected chi connectivity index (χ1v) is 10.8. The second-order valence-electron chi connectivity index (χ2n) is 5.20. The zero-order chi connectivity index (χ0) is 19.0. The molecular weight excluding hydrogens is 376 g/mol. The molecule has 0 amide bonds. The van der Waals surface area contributed by atoms with Crippen LogP contribution in [-0.2, 0) is 13.3 Å². The molecule has 0 saturated carbocycles. The lowest BCUT2D eigenvalue weighted by molar-refractivity contribution is -0.721. The van der Waals surface area contributed by atoms with E-state index in [2.05, 4.69) is 16.1 Å². The molecule has 0 bridgehead atoms. The minimum Gasteiger partial charge on any atom is -1.00 e. The highest BCUT2D eigenvalue weighted by molar-refractivity contribution is 6.60. The summed E-state index contributed by atoms with van der Waals surface area (Å²) in [5, 5.41) is 15.2. The van der Waals surface area contributed by atoms with Gasteiger partial charge in [0, 0.05) is 32.3 Å². The number of imidazole rings is 1. The molecule has 1 aromatic rings. The highest BCUT2D eigenvalue weighted by atomic mass is 35.5. The van der Waals surface area contributed by atoms with Crippen LogP contribution in [0.4, 0.5) is 0 Å². The Labute approximate surface area is 164 Å². The molecular formula is C17H35ClN2O5Si. The number of hydrogen-bond acceptors (Lipinski definition) is 5. The summed E-state index contributed by atoms with van der Waals surface area (Å²) in [5.74, 6) is 0. The summed E-state index contributed by atoms with van der Waals surface area (Å²) in [6.45, 7) is 11.4. The minimum atomic E-state index is -2.56. The van der Waals surface area contributed by atoms with Gasteiger partial charge in [-0.3, -0.25) is 4.98 Å². The average molecular weight is 411 g/mol. The first-order valence-electron chi connectivity index (χ1n) is 8.90. The number of aromatic nitrogens is 2. The Morgan fingerprint density at radius 1 is 1.12 bits per heavy atom. The number of nitrogens with one attached hydrogen (secondary N) is 1. The highest BCUT2D eigenvalue weighted by Gasteiger charge is 2.41. The van der Waals surface area contributed by atoms with E-state index in [1.807, 2.05) is 45.6 Å². The molecule has 0 spiro atoms. The number of hydrogen-bond donors (Lipinski definition) is 3. The molecule has 1 unspecified atom stereocenters. The quantitative estimate of drug-likeness (QED) is 0.217. The van der Waals surface area contributed by atoms with Crippen LogP contribution in [0, 0.1) is 0 Å². The molecule has 9 heteroatoms. The van der Waals surface area contributed by atoms with Gasteiger partial charge in [-0.05, 0) is 27.2 Å². The van der Waals surface area contributed by atoms with Crippen LogP contribution in [0.25, 0.3) is 0 Å². The van der Waals surface area contributed by atoms with Crippen molar-refractivity contribution >= 4 is 8.80 Å². The van der Waals surface area contributed by atoms with Crippen molar-refractivity contribution in [2.75, 3.05) is 33.0 Å². The topological polar surface area (TPSA) is 87.8 Å². The zero-order valence-electron chi connectivity index (χ0n) is 16.2. The number of aliphatic hydroxyl groups excluding tert-OH is 2. The molecule has 3 N–H and O–H groups in total. The van der Waals surface area contributed by atoms with E-state index in [4.69, 9.17) is 23.5 Å². The van der Waals surface area contributed by atoms with Crippen LogP contribution in [0.1, 0.15) is 39.7 Å². The Morgan fingerprint density at radius 2 is 1.65 bits per heavy atom. The SMILES string of the molecule is C=CCC(CC[Si](OCC)(OCC)OCC)[n+]1cc[nH]c1.OCCO.[Cl-]. The number of H-pyrrole nitrogens is 1. The van der Waals surface area contributed by atoms with Crippen molar-refractivity contribution in [3.63, 3.8) is 0 Å². The molecule has 1 rings (SSSR count). The number of allylic oxidation sites excluding steroid dienone is 1. The lowest BCUT2D eigenvalue weighted by atomic mass is 10.1. The Kier molecular flexibility index (Phi) is 18.7. The van der Waals surface area contributed by atoms with Gasteiger partial charge in [0.2, 0.25) is 6.33 Å². The van der Waals surface area contributed by atoms with Crippen LogP contribution in [0.5, 0.6) is 0 Å². The standard InChI is InChI=1S/C15H28N2O3Si.C2H6O2.ClH/c1-5-9-15(17-12-11-16-14-17)10-13-21(18-6-2,19-7-3)20-8-4;3-1-2-4;/h5,11-12,14-15H,1,6-10,13H2,2-4H3;3-4H,1-2H2;1H. The third-order valence-corrected chi connectivity index (χ3v) is 6.49. The maximum absolute atomic E-state index is 7.62. The van der Waals surface area contributed by atoms with E-state index in [1.54, 1.807) is 0 Å². The summed E-state index contributed by atoms with van der Waals surface area (Å²) in [5.41, 5.74) is 0. The Hall–Kier alpha value is -0.743. The van der Waals surface area contributed by atoms with Gasteiger partial charge in [0.05, 0.1) is 13.2 Å². The summed E-state index contributed by atoms with van der Waals surface area (Å²) in [6.07, 6.45) is 9.75. The van der Waals surface area contributed by atoms with E-state index < -0.39 is 8.80 Å². The fourth-order valence-electron chi connectivity index (χ4n) is 2.45. The predicted octanol–water partition coefficient (Wildman–Crippen LogP) is -1.17. The van der Waals surface area contributed by atoms with Gasteiger partial charge in [-0.15, -0.1) is 6.58 Å². The maximum Gasteiger partial charge on any atom is 0.501 e. The third-order valence-electron chi connectivity index (χ3n) is 3.40. The highest BCUT2D eigenvalue weighted by Crippen LogP contribution is 2.23. The van der Waals surface area contributed by atoms with Crippen molar-refractivity contribution in [3.8, 4) is 0 Å². The molecule has 0 aliphatic heterocycles. The van der Waals surface area contributed by atoms with Crippen LogP contribution >= 0.6 is 0 Å². The van der Waals surface area contributed by atoms with Crippen molar-refractivity contribution in [2.24, 2.45) is 0 Å². The van der Waals surface area contributed by atoms with Gasteiger partial charge in [0.1, 0.15) is 18.4 Å². The molecule has 0 radical (unpaired) electrons. The molecule has 0 fully saturated rings. The van der Waals surface area contributed by atoms with Gasteiger partial charge < -0.3 is 35.9 Å². The van der Waals surface area contributed by atoms with Crippen molar-refractivity contribution in [3.05, 3.63) is 31.4 Å². The Bertz CT molecular complexity index is 404. The van der Waals surface area contributed by atoms with E-state index in [1.165, 1.54) is 0 Å². The van der Waals surface area contributed by atoms with Gasteiger partial charge in [-0.25, -0.2) is 4.57 Å². The molecule has 0 aromatic carbocycles. The van der Waals surface area contributed by atoms with Crippen molar-refractivity contribution < 1.29 is 40.5 Å². The van der Waals surface area contributed by atoms with Crippen LogP contribution in [0.3, 0.4) is 0 Å². The smallest absolute Gasteiger partial charge is 0.501 e. The lowest BCUT2D eigenvalue weighted by Gasteiger charge is -2.29. The van der Waals surface area contributed by atoms with Gasteiger partial charge >= 0.3 is 8.80 Å². The number of aliphatic hydroxyl groups is 2. The average Bonchev–Trinajstić information content (AvgIpc) is 3.14. The first kappa shape index (κ1) is 27.5. The summed E-state index contributed by atoms with van der Waals surface area (Å²) in [6, 6.07) is 1.17. The molecule has 0 aliphatic carbocycles. The number of nitrogens with zero attached hydrogens (tertiary/aromatic N) is 1.